The summed E-state index contributed by atoms with van der Waals surface area (Å²) in [6, 6.07) is 6.34. The van der Waals surface area contributed by atoms with Crippen molar-refractivity contribution >= 4 is 33.3 Å². The first-order valence-electron chi connectivity index (χ1n) is 6.23. The molecule has 4 nitrogen and oxygen atoms in total. The number of benzene rings is 1. The van der Waals surface area contributed by atoms with Gasteiger partial charge in [0.25, 0.3) is 5.91 Å². The predicted molar refractivity (Wildman–Crippen MR) is 73.4 cm³/mol. The van der Waals surface area contributed by atoms with Crippen LogP contribution in [-0.4, -0.2) is 35.0 Å². The van der Waals surface area contributed by atoms with Gasteiger partial charge in [0.15, 0.2) is 0 Å². The fourth-order valence-electron chi connectivity index (χ4n) is 2.40. The SMILES string of the molecule is O=C(O)CC1CN(C(=O)c2cc3c(F)cccc3s2)C1. The topological polar surface area (TPSA) is 57.6 Å². The third-order valence-electron chi connectivity index (χ3n) is 3.43. The summed E-state index contributed by atoms with van der Waals surface area (Å²) in [6.07, 6.45) is 0.0881. The summed E-state index contributed by atoms with van der Waals surface area (Å²) >= 11 is 1.26. The molecule has 1 fully saturated rings. The maximum absolute atomic E-state index is 13.6. The van der Waals surface area contributed by atoms with Gasteiger partial charge in [0.1, 0.15) is 5.82 Å². The number of hydrogen-bond acceptors (Lipinski definition) is 3. The Morgan fingerprint density at radius 2 is 2.15 bits per heavy atom. The number of thiophene rings is 1. The number of carbonyl (C=O) groups is 2. The highest BCUT2D eigenvalue weighted by molar-refractivity contribution is 7.20. The number of hydrogen-bond donors (Lipinski definition) is 1. The minimum atomic E-state index is -0.842. The van der Waals surface area contributed by atoms with E-state index in [0.29, 0.717) is 23.4 Å². The molecule has 0 atom stereocenters. The first-order chi connectivity index (χ1) is 9.54. The Balaban J connectivity index is 1.74. The number of aliphatic carboxylic acids is 1. The molecule has 2 aromatic rings. The van der Waals surface area contributed by atoms with E-state index < -0.39 is 5.97 Å². The molecule has 1 saturated heterocycles. The van der Waals surface area contributed by atoms with Crippen molar-refractivity contribution in [2.45, 2.75) is 6.42 Å². The van der Waals surface area contributed by atoms with E-state index in [0.717, 1.165) is 4.70 Å². The van der Waals surface area contributed by atoms with Crippen LogP contribution in [0, 0.1) is 11.7 Å². The predicted octanol–water partition coefficient (Wildman–Crippen LogP) is 2.59. The molecule has 2 heterocycles. The minimum Gasteiger partial charge on any atom is -0.481 e. The number of likely N-dealkylation sites (tertiary alicyclic amines) is 1. The highest BCUT2D eigenvalue weighted by atomic mass is 32.1. The minimum absolute atomic E-state index is 0.0302. The molecule has 0 radical (unpaired) electrons. The number of nitrogens with zero attached hydrogens (tertiary/aromatic N) is 1. The molecule has 1 amide bonds. The van der Waals surface area contributed by atoms with Crippen molar-refractivity contribution < 1.29 is 19.1 Å². The second kappa shape index (κ2) is 4.86. The van der Waals surface area contributed by atoms with Gasteiger partial charge in [0.2, 0.25) is 0 Å². The van der Waals surface area contributed by atoms with E-state index in [1.807, 2.05) is 0 Å². The molecule has 0 bridgehead atoms. The molecule has 0 spiro atoms. The lowest BCUT2D eigenvalue weighted by atomic mass is 9.96. The van der Waals surface area contributed by atoms with E-state index in [9.17, 15) is 14.0 Å². The van der Waals surface area contributed by atoms with Gasteiger partial charge in [0.05, 0.1) is 11.3 Å². The fourth-order valence-corrected chi connectivity index (χ4v) is 3.44. The summed E-state index contributed by atoms with van der Waals surface area (Å²) in [6.45, 7) is 0.920. The number of rotatable bonds is 3. The first kappa shape index (κ1) is 13.1. The van der Waals surface area contributed by atoms with Crippen LogP contribution in [0.5, 0.6) is 0 Å². The number of carbonyl (C=O) groups excluding carboxylic acids is 1. The summed E-state index contributed by atoms with van der Waals surface area (Å²) in [5.41, 5.74) is 0. The van der Waals surface area contributed by atoms with E-state index in [2.05, 4.69) is 0 Å². The fraction of sp³-hybridized carbons (Fsp3) is 0.286. The second-order valence-corrected chi connectivity index (χ2v) is 6.02. The van der Waals surface area contributed by atoms with Crippen LogP contribution in [-0.2, 0) is 4.79 Å². The Kier molecular flexibility index (Phi) is 3.17. The van der Waals surface area contributed by atoms with Crippen LogP contribution in [0.3, 0.4) is 0 Å². The van der Waals surface area contributed by atoms with Crippen molar-refractivity contribution in [2.24, 2.45) is 5.92 Å². The third-order valence-corrected chi connectivity index (χ3v) is 4.52. The molecule has 1 aromatic heterocycles. The van der Waals surface area contributed by atoms with Crippen LogP contribution < -0.4 is 0 Å². The first-order valence-corrected chi connectivity index (χ1v) is 7.05. The van der Waals surface area contributed by atoms with Gasteiger partial charge >= 0.3 is 5.97 Å². The van der Waals surface area contributed by atoms with Crippen LogP contribution in [0.25, 0.3) is 10.1 Å². The number of carboxylic acid groups (broad SMARTS) is 1. The number of halogens is 1. The lowest BCUT2D eigenvalue weighted by Gasteiger charge is -2.38. The summed E-state index contributed by atoms with van der Waals surface area (Å²) in [4.78, 5) is 24.9. The van der Waals surface area contributed by atoms with Gasteiger partial charge in [-0.05, 0) is 18.2 Å². The van der Waals surface area contributed by atoms with Crippen LogP contribution in [0.2, 0.25) is 0 Å². The average Bonchev–Trinajstić information content (AvgIpc) is 2.77. The normalized spacial score (nSPS) is 15.3. The summed E-state index contributed by atoms with van der Waals surface area (Å²) in [5, 5.41) is 9.14. The standard InChI is InChI=1S/C14H12FNO3S/c15-10-2-1-3-11-9(10)5-12(20-11)14(19)16-6-8(7-16)4-13(17)18/h1-3,5,8H,4,6-7H2,(H,17,18). The molecule has 1 aliphatic heterocycles. The van der Waals surface area contributed by atoms with Crippen LogP contribution in [0.15, 0.2) is 24.3 Å². The van der Waals surface area contributed by atoms with Gasteiger partial charge < -0.3 is 10.0 Å². The molecule has 1 aromatic carbocycles. The molecule has 1 N–H and O–H groups in total. The van der Waals surface area contributed by atoms with Crippen LogP contribution in [0.4, 0.5) is 4.39 Å². The Labute approximate surface area is 118 Å². The lowest BCUT2D eigenvalue weighted by Crippen LogP contribution is -2.50. The lowest BCUT2D eigenvalue weighted by molar-refractivity contribution is -0.139. The van der Waals surface area contributed by atoms with Crippen molar-refractivity contribution in [1.29, 1.82) is 0 Å². The molecule has 0 aliphatic carbocycles. The largest absolute Gasteiger partial charge is 0.481 e. The van der Waals surface area contributed by atoms with E-state index in [4.69, 9.17) is 5.11 Å². The van der Waals surface area contributed by atoms with Gasteiger partial charge in [-0.3, -0.25) is 9.59 Å². The van der Waals surface area contributed by atoms with Crippen molar-refractivity contribution in [3.63, 3.8) is 0 Å². The van der Waals surface area contributed by atoms with Crippen molar-refractivity contribution in [3.05, 3.63) is 35.0 Å². The Morgan fingerprint density at radius 3 is 2.80 bits per heavy atom. The maximum Gasteiger partial charge on any atom is 0.303 e. The molecule has 3 rings (SSSR count). The van der Waals surface area contributed by atoms with E-state index in [-0.39, 0.29) is 24.1 Å². The van der Waals surface area contributed by atoms with Gasteiger partial charge in [0, 0.05) is 29.1 Å². The molecular formula is C14H12FNO3S. The van der Waals surface area contributed by atoms with E-state index >= 15 is 0 Å². The molecule has 20 heavy (non-hydrogen) atoms. The van der Waals surface area contributed by atoms with Gasteiger partial charge in [-0.1, -0.05) is 6.07 Å². The molecule has 6 heteroatoms. The van der Waals surface area contributed by atoms with Gasteiger partial charge in [-0.25, -0.2) is 4.39 Å². The highest BCUT2D eigenvalue weighted by Crippen LogP contribution is 2.30. The number of amides is 1. The molecular weight excluding hydrogens is 281 g/mol. The monoisotopic (exact) mass is 293 g/mol. The number of fused-ring (bicyclic) bond motifs is 1. The molecule has 0 unspecified atom stereocenters. The Bertz CT molecular complexity index is 691. The van der Waals surface area contributed by atoms with Crippen molar-refractivity contribution in [3.8, 4) is 0 Å². The summed E-state index contributed by atoms with van der Waals surface area (Å²) in [7, 11) is 0. The van der Waals surface area contributed by atoms with E-state index in [1.165, 1.54) is 17.4 Å². The second-order valence-electron chi connectivity index (χ2n) is 4.94. The van der Waals surface area contributed by atoms with Crippen LogP contribution >= 0.6 is 11.3 Å². The zero-order valence-corrected chi connectivity index (χ0v) is 11.3. The molecule has 0 saturated carbocycles. The third kappa shape index (κ3) is 2.27. The summed E-state index contributed by atoms with van der Waals surface area (Å²) < 4.78 is 14.3. The maximum atomic E-state index is 13.6. The van der Waals surface area contributed by atoms with Crippen LogP contribution in [0.1, 0.15) is 16.1 Å². The zero-order valence-electron chi connectivity index (χ0n) is 10.5. The zero-order chi connectivity index (χ0) is 14.3. The highest BCUT2D eigenvalue weighted by Gasteiger charge is 2.33. The Morgan fingerprint density at radius 1 is 1.40 bits per heavy atom. The smallest absolute Gasteiger partial charge is 0.303 e. The molecule has 104 valence electrons. The Hall–Kier alpha value is -1.95. The summed E-state index contributed by atoms with van der Waals surface area (Å²) in [5.74, 6) is -1.29. The van der Waals surface area contributed by atoms with Gasteiger partial charge in [-0.15, -0.1) is 11.3 Å². The van der Waals surface area contributed by atoms with Crippen molar-refractivity contribution in [1.82, 2.24) is 4.90 Å². The quantitative estimate of drug-likeness (QED) is 0.946. The van der Waals surface area contributed by atoms with Crippen molar-refractivity contribution in [2.75, 3.05) is 13.1 Å². The molecule has 1 aliphatic rings. The number of carboxylic acids is 1. The van der Waals surface area contributed by atoms with Gasteiger partial charge in [-0.2, -0.15) is 0 Å². The average molecular weight is 293 g/mol. The van der Waals surface area contributed by atoms with E-state index in [1.54, 1.807) is 23.1 Å².